The van der Waals surface area contributed by atoms with Crippen LogP contribution in [0.1, 0.15) is 42.7 Å². The van der Waals surface area contributed by atoms with Crippen LogP contribution in [0.4, 0.5) is 5.82 Å². The first-order valence-electron chi connectivity index (χ1n) is 8.68. The number of nitrogens with one attached hydrogen (secondary N) is 1. The second-order valence-electron chi connectivity index (χ2n) is 5.82. The van der Waals surface area contributed by atoms with Crippen LogP contribution in [-0.4, -0.2) is 23.4 Å². The summed E-state index contributed by atoms with van der Waals surface area (Å²) in [6, 6.07) is 8.12. The lowest BCUT2D eigenvalue weighted by molar-refractivity contribution is 0.296. The van der Waals surface area contributed by atoms with Gasteiger partial charge in [-0.15, -0.1) is 5.10 Å². The molecule has 1 N–H and O–H groups in total. The lowest BCUT2D eigenvalue weighted by Crippen LogP contribution is -2.10. The van der Waals surface area contributed by atoms with Gasteiger partial charge in [-0.3, -0.25) is 0 Å². The van der Waals surface area contributed by atoms with E-state index in [1.807, 2.05) is 32.0 Å². The summed E-state index contributed by atoms with van der Waals surface area (Å²) in [6.07, 6.45) is 2.39. The summed E-state index contributed by atoms with van der Waals surface area (Å²) in [4.78, 5) is 0. The molecular weight excluding hydrogens is 316 g/mol. The maximum atomic E-state index is 9.57. The molecule has 6 nitrogen and oxygen atoms in total. The zero-order valence-corrected chi connectivity index (χ0v) is 14.6. The second kappa shape index (κ2) is 7.84. The summed E-state index contributed by atoms with van der Waals surface area (Å²) in [5, 5.41) is 21.3. The number of rotatable bonds is 5. The van der Waals surface area contributed by atoms with E-state index < -0.39 is 0 Å². The highest BCUT2D eigenvalue weighted by Gasteiger charge is 2.17. The number of nitriles is 1. The van der Waals surface area contributed by atoms with Gasteiger partial charge in [0.25, 0.3) is 0 Å². The molecule has 25 heavy (non-hydrogen) atoms. The average molecular weight is 338 g/mol. The van der Waals surface area contributed by atoms with E-state index in [0.29, 0.717) is 31.1 Å². The first kappa shape index (κ1) is 17.0. The Bertz CT molecular complexity index is 799. The first-order chi connectivity index (χ1) is 12.3. The molecule has 0 radical (unpaired) electrons. The van der Waals surface area contributed by atoms with Crippen molar-refractivity contribution < 1.29 is 9.47 Å². The Morgan fingerprint density at radius 1 is 1.16 bits per heavy atom. The van der Waals surface area contributed by atoms with Crippen LogP contribution in [0, 0.1) is 11.3 Å². The molecule has 0 saturated heterocycles. The van der Waals surface area contributed by atoms with Crippen LogP contribution >= 0.6 is 0 Å². The number of fused-ring (bicyclic) bond motifs is 1. The molecule has 0 saturated carbocycles. The summed E-state index contributed by atoms with van der Waals surface area (Å²) in [5.74, 6) is 2.04. The van der Waals surface area contributed by atoms with E-state index in [-0.39, 0.29) is 0 Å². The van der Waals surface area contributed by atoms with Crippen molar-refractivity contribution in [3.05, 3.63) is 40.6 Å². The smallest absolute Gasteiger partial charge is 0.167 e. The molecule has 130 valence electrons. The standard InChI is InChI=1S/C19H22N4O2/c1-3-14-15(11-20)19(23-22-16(14)4-2)21-12-13-7-5-8-17-18(13)25-10-6-9-24-17/h5,7-8H,3-4,6,9-10,12H2,1-2H3,(H,21,23). The topological polar surface area (TPSA) is 80.1 Å². The number of anilines is 1. The zero-order chi connectivity index (χ0) is 17.6. The fourth-order valence-electron chi connectivity index (χ4n) is 2.99. The molecule has 6 heteroatoms. The molecule has 1 aromatic heterocycles. The van der Waals surface area contributed by atoms with Gasteiger partial charge in [0.2, 0.25) is 0 Å². The Balaban J connectivity index is 1.87. The summed E-state index contributed by atoms with van der Waals surface area (Å²) in [7, 11) is 0. The largest absolute Gasteiger partial charge is 0.490 e. The molecule has 3 rings (SSSR count). The highest BCUT2D eigenvalue weighted by Crippen LogP contribution is 2.33. The van der Waals surface area contributed by atoms with Crippen LogP contribution in [0.15, 0.2) is 18.2 Å². The van der Waals surface area contributed by atoms with Gasteiger partial charge in [0.15, 0.2) is 17.3 Å². The van der Waals surface area contributed by atoms with Crippen LogP contribution in [0.2, 0.25) is 0 Å². The van der Waals surface area contributed by atoms with Crippen LogP contribution in [-0.2, 0) is 19.4 Å². The third-order valence-electron chi connectivity index (χ3n) is 4.26. The van der Waals surface area contributed by atoms with E-state index in [2.05, 4.69) is 21.6 Å². The van der Waals surface area contributed by atoms with E-state index in [1.54, 1.807) is 0 Å². The minimum absolute atomic E-state index is 0.491. The summed E-state index contributed by atoms with van der Waals surface area (Å²) < 4.78 is 11.6. The SMILES string of the molecule is CCc1nnc(NCc2cccc3c2OCCCO3)c(C#N)c1CC. The van der Waals surface area contributed by atoms with E-state index >= 15 is 0 Å². The molecule has 0 spiro atoms. The second-order valence-corrected chi connectivity index (χ2v) is 5.82. The van der Waals surface area contributed by atoms with Crippen LogP contribution in [0.5, 0.6) is 11.5 Å². The highest BCUT2D eigenvalue weighted by molar-refractivity contribution is 5.57. The summed E-state index contributed by atoms with van der Waals surface area (Å²) >= 11 is 0. The van der Waals surface area contributed by atoms with Gasteiger partial charge in [-0.1, -0.05) is 26.0 Å². The number of hydrogen-bond donors (Lipinski definition) is 1. The van der Waals surface area contributed by atoms with E-state index in [9.17, 15) is 5.26 Å². The number of aromatic nitrogens is 2. The van der Waals surface area contributed by atoms with Gasteiger partial charge in [0.05, 0.1) is 18.9 Å². The van der Waals surface area contributed by atoms with Gasteiger partial charge in [-0.2, -0.15) is 10.4 Å². The minimum atomic E-state index is 0.491. The highest BCUT2D eigenvalue weighted by atomic mass is 16.5. The van der Waals surface area contributed by atoms with Crippen molar-refractivity contribution in [2.45, 2.75) is 39.7 Å². The lowest BCUT2D eigenvalue weighted by Gasteiger charge is -2.15. The van der Waals surface area contributed by atoms with Crippen molar-refractivity contribution in [3.63, 3.8) is 0 Å². The number of ether oxygens (including phenoxy) is 2. The van der Waals surface area contributed by atoms with Crippen molar-refractivity contribution in [1.82, 2.24) is 10.2 Å². The molecule has 0 bridgehead atoms. The summed E-state index contributed by atoms with van der Waals surface area (Å²) in [5.41, 5.74) is 3.40. The van der Waals surface area contributed by atoms with Gasteiger partial charge >= 0.3 is 0 Å². The Hall–Kier alpha value is -2.81. The van der Waals surface area contributed by atoms with Crippen LogP contribution < -0.4 is 14.8 Å². The van der Waals surface area contributed by atoms with E-state index in [1.165, 1.54) is 0 Å². The molecule has 1 aliphatic heterocycles. The molecule has 1 aliphatic rings. The number of nitrogens with zero attached hydrogens (tertiary/aromatic N) is 3. The third kappa shape index (κ3) is 3.50. The maximum absolute atomic E-state index is 9.57. The average Bonchev–Trinajstić information content (AvgIpc) is 2.91. The van der Waals surface area contributed by atoms with Crippen molar-refractivity contribution >= 4 is 5.82 Å². The Morgan fingerprint density at radius 2 is 2.00 bits per heavy atom. The van der Waals surface area contributed by atoms with E-state index in [0.717, 1.165) is 47.6 Å². The number of hydrogen-bond acceptors (Lipinski definition) is 6. The zero-order valence-electron chi connectivity index (χ0n) is 14.6. The normalized spacial score (nSPS) is 13.0. The summed E-state index contributed by atoms with van der Waals surface area (Å²) in [6.45, 7) is 5.84. The number of benzene rings is 1. The van der Waals surface area contributed by atoms with Crippen LogP contribution in [0.3, 0.4) is 0 Å². The quantitative estimate of drug-likeness (QED) is 0.901. The van der Waals surface area contributed by atoms with Crippen LogP contribution in [0.25, 0.3) is 0 Å². The third-order valence-corrected chi connectivity index (χ3v) is 4.26. The lowest BCUT2D eigenvalue weighted by atomic mass is 10.0. The Kier molecular flexibility index (Phi) is 5.34. The fraction of sp³-hybridized carbons (Fsp3) is 0.421. The molecule has 0 fully saturated rings. The molecule has 1 aromatic carbocycles. The predicted molar refractivity (Wildman–Crippen MR) is 94.9 cm³/mol. The number of aryl methyl sites for hydroxylation is 1. The predicted octanol–water partition coefficient (Wildman–Crippen LogP) is 3.25. The molecule has 0 aliphatic carbocycles. The maximum Gasteiger partial charge on any atom is 0.167 e. The fourth-order valence-corrected chi connectivity index (χ4v) is 2.99. The van der Waals surface area contributed by atoms with E-state index in [4.69, 9.17) is 9.47 Å². The monoisotopic (exact) mass is 338 g/mol. The molecule has 2 aromatic rings. The number of para-hydroxylation sites is 1. The Labute approximate surface area is 147 Å². The van der Waals surface area contributed by atoms with Crippen molar-refractivity contribution in [2.75, 3.05) is 18.5 Å². The van der Waals surface area contributed by atoms with Crippen molar-refractivity contribution in [2.24, 2.45) is 0 Å². The van der Waals surface area contributed by atoms with Gasteiger partial charge < -0.3 is 14.8 Å². The van der Waals surface area contributed by atoms with Gasteiger partial charge in [-0.25, -0.2) is 0 Å². The van der Waals surface area contributed by atoms with Gasteiger partial charge in [0, 0.05) is 18.5 Å². The first-order valence-corrected chi connectivity index (χ1v) is 8.68. The van der Waals surface area contributed by atoms with Crippen molar-refractivity contribution in [3.8, 4) is 17.6 Å². The Morgan fingerprint density at radius 3 is 2.76 bits per heavy atom. The molecule has 2 heterocycles. The minimum Gasteiger partial charge on any atom is -0.490 e. The molecule has 0 atom stereocenters. The van der Waals surface area contributed by atoms with Gasteiger partial charge in [-0.05, 0) is 24.5 Å². The molecule has 0 amide bonds. The molecule has 0 unspecified atom stereocenters. The molecular formula is C19H22N4O2. The van der Waals surface area contributed by atoms with Crippen molar-refractivity contribution in [1.29, 1.82) is 5.26 Å². The van der Waals surface area contributed by atoms with Gasteiger partial charge in [0.1, 0.15) is 11.6 Å².